The Morgan fingerprint density at radius 2 is 2.00 bits per heavy atom. The number of carbonyl (C=O) groups excluding carboxylic acids is 1. The Labute approximate surface area is 139 Å². The molecule has 0 unspecified atom stereocenters. The predicted octanol–water partition coefficient (Wildman–Crippen LogP) is 3.48. The van der Waals surface area contributed by atoms with Gasteiger partial charge in [0.2, 0.25) is 0 Å². The van der Waals surface area contributed by atoms with E-state index in [2.05, 4.69) is 15.3 Å². The Morgan fingerprint density at radius 3 is 2.75 bits per heavy atom. The highest BCUT2D eigenvalue weighted by Gasteiger charge is 2.17. The van der Waals surface area contributed by atoms with Crippen LogP contribution in [0.1, 0.15) is 16.1 Å². The van der Waals surface area contributed by atoms with Gasteiger partial charge in [-0.15, -0.1) is 0 Å². The van der Waals surface area contributed by atoms with Crippen molar-refractivity contribution in [2.45, 2.75) is 6.92 Å². The van der Waals surface area contributed by atoms with Crippen molar-refractivity contribution < 1.29 is 14.3 Å². The molecular weight excluding hydrogens is 306 g/mol. The lowest BCUT2D eigenvalue weighted by atomic mass is 10.1. The van der Waals surface area contributed by atoms with Crippen LogP contribution in [0.4, 0.5) is 11.4 Å². The van der Waals surface area contributed by atoms with Gasteiger partial charge in [0.05, 0.1) is 19.9 Å². The van der Waals surface area contributed by atoms with Crippen molar-refractivity contribution in [2.24, 2.45) is 0 Å². The Hall–Kier alpha value is -3.15. The standard InChI is InChI=1S/C18H17N3O3/c1-11-7-8-14-16(21-12-5-4-6-13(9-12)23-2)15(18(22)24-3)10-19-17(14)20-11/h4-10H,1-3H3,(H,19,20,21). The lowest BCUT2D eigenvalue weighted by Crippen LogP contribution is -2.08. The molecule has 1 N–H and O–H groups in total. The number of nitrogens with one attached hydrogen (secondary N) is 1. The van der Waals surface area contributed by atoms with Crippen LogP contribution in [0, 0.1) is 6.92 Å². The fourth-order valence-corrected chi connectivity index (χ4v) is 2.42. The summed E-state index contributed by atoms with van der Waals surface area (Å²) in [5, 5.41) is 4.01. The molecule has 0 aliphatic carbocycles. The number of hydrogen-bond donors (Lipinski definition) is 1. The van der Waals surface area contributed by atoms with Crippen LogP contribution >= 0.6 is 0 Å². The lowest BCUT2D eigenvalue weighted by molar-refractivity contribution is 0.0601. The van der Waals surface area contributed by atoms with Crippen LogP contribution in [-0.4, -0.2) is 30.2 Å². The molecular formula is C18H17N3O3. The molecule has 3 rings (SSSR count). The smallest absolute Gasteiger partial charge is 0.341 e. The molecule has 0 saturated carbocycles. The molecule has 0 saturated heterocycles. The van der Waals surface area contributed by atoms with Crippen molar-refractivity contribution in [1.29, 1.82) is 0 Å². The van der Waals surface area contributed by atoms with E-state index in [1.54, 1.807) is 7.11 Å². The molecule has 0 spiro atoms. The Balaban J connectivity index is 2.16. The summed E-state index contributed by atoms with van der Waals surface area (Å²) >= 11 is 0. The van der Waals surface area contributed by atoms with Gasteiger partial charge < -0.3 is 14.8 Å². The molecule has 0 atom stereocenters. The van der Waals surface area contributed by atoms with Gasteiger partial charge in [0, 0.05) is 29.0 Å². The third kappa shape index (κ3) is 2.99. The zero-order chi connectivity index (χ0) is 17.1. The molecule has 0 aliphatic heterocycles. The third-order valence-corrected chi connectivity index (χ3v) is 3.61. The summed E-state index contributed by atoms with van der Waals surface area (Å²) < 4.78 is 10.1. The van der Waals surface area contributed by atoms with E-state index in [-0.39, 0.29) is 0 Å². The zero-order valence-corrected chi connectivity index (χ0v) is 13.7. The third-order valence-electron chi connectivity index (χ3n) is 3.61. The monoisotopic (exact) mass is 323 g/mol. The molecule has 122 valence electrons. The molecule has 0 bridgehead atoms. The molecule has 24 heavy (non-hydrogen) atoms. The van der Waals surface area contributed by atoms with Crippen LogP contribution in [0.2, 0.25) is 0 Å². The first-order chi connectivity index (χ1) is 11.6. The van der Waals surface area contributed by atoms with Gasteiger partial charge in [-0.25, -0.2) is 14.8 Å². The van der Waals surface area contributed by atoms with Gasteiger partial charge in [-0.05, 0) is 31.2 Å². The molecule has 0 aliphatic rings. The number of benzene rings is 1. The van der Waals surface area contributed by atoms with Crippen LogP contribution in [0.5, 0.6) is 5.75 Å². The predicted molar refractivity (Wildman–Crippen MR) is 91.9 cm³/mol. The number of aromatic nitrogens is 2. The summed E-state index contributed by atoms with van der Waals surface area (Å²) in [5.74, 6) is 0.252. The van der Waals surface area contributed by atoms with Gasteiger partial charge >= 0.3 is 5.97 Å². The highest BCUT2D eigenvalue weighted by molar-refractivity contribution is 6.05. The zero-order valence-electron chi connectivity index (χ0n) is 13.7. The normalized spacial score (nSPS) is 10.5. The summed E-state index contributed by atoms with van der Waals surface area (Å²) in [6.45, 7) is 1.89. The molecule has 6 nitrogen and oxygen atoms in total. The van der Waals surface area contributed by atoms with E-state index >= 15 is 0 Å². The number of methoxy groups -OCH3 is 2. The Morgan fingerprint density at radius 1 is 1.17 bits per heavy atom. The average Bonchev–Trinajstić information content (AvgIpc) is 2.61. The van der Waals surface area contributed by atoms with E-state index in [0.29, 0.717) is 22.6 Å². The second kappa shape index (κ2) is 6.54. The molecule has 3 aromatic rings. The number of esters is 1. The average molecular weight is 323 g/mol. The number of anilines is 2. The number of ether oxygens (including phenoxy) is 2. The van der Waals surface area contributed by atoms with E-state index in [4.69, 9.17) is 9.47 Å². The fourth-order valence-electron chi connectivity index (χ4n) is 2.42. The molecule has 0 radical (unpaired) electrons. The highest BCUT2D eigenvalue weighted by atomic mass is 16.5. The van der Waals surface area contributed by atoms with Crippen LogP contribution < -0.4 is 10.1 Å². The number of pyridine rings is 2. The lowest BCUT2D eigenvalue weighted by Gasteiger charge is -2.14. The largest absolute Gasteiger partial charge is 0.497 e. The molecule has 6 heteroatoms. The van der Waals surface area contributed by atoms with E-state index in [0.717, 1.165) is 16.8 Å². The number of nitrogens with zero attached hydrogens (tertiary/aromatic N) is 2. The van der Waals surface area contributed by atoms with Gasteiger partial charge in [0.1, 0.15) is 11.3 Å². The number of hydrogen-bond acceptors (Lipinski definition) is 6. The maximum Gasteiger partial charge on any atom is 0.341 e. The second-order valence-corrected chi connectivity index (χ2v) is 5.22. The van der Waals surface area contributed by atoms with Crippen molar-refractivity contribution >= 4 is 28.4 Å². The van der Waals surface area contributed by atoms with E-state index in [9.17, 15) is 4.79 Å². The van der Waals surface area contributed by atoms with Crippen LogP contribution in [-0.2, 0) is 4.74 Å². The molecule has 2 heterocycles. The van der Waals surface area contributed by atoms with E-state index in [1.807, 2.05) is 43.3 Å². The maximum absolute atomic E-state index is 12.1. The summed E-state index contributed by atoms with van der Waals surface area (Å²) in [5.41, 5.74) is 3.15. The van der Waals surface area contributed by atoms with Gasteiger partial charge in [0.15, 0.2) is 5.65 Å². The van der Waals surface area contributed by atoms with Crippen molar-refractivity contribution in [3.8, 4) is 5.75 Å². The minimum Gasteiger partial charge on any atom is -0.497 e. The Kier molecular flexibility index (Phi) is 4.29. The number of fused-ring (bicyclic) bond motifs is 1. The first-order valence-electron chi connectivity index (χ1n) is 7.38. The number of rotatable bonds is 4. The van der Waals surface area contributed by atoms with E-state index in [1.165, 1.54) is 13.3 Å². The quantitative estimate of drug-likeness (QED) is 0.741. The summed E-state index contributed by atoms with van der Waals surface area (Å²) in [7, 11) is 2.95. The highest BCUT2D eigenvalue weighted by Crippen LogP contribution is 2.30. The van der Waals surface area contributed by atoms with Gasteiger partial charge in [0.25, 0.3) is 0 Å². The van der Waals surface area contributed by atoms with Crippen molar-refractivity contribution in [1.82, 2.24) is 9.97 Å². The maximum atomic E-state index is 12.1. The van der Waals surface area contributed by atoms with Gasteiger partial charge in [-0.3, -0.25) is 0 Å². The van der Waals surface area contributed by atoms with Crippen LogP contribution in [0.25, 0.3) is 11.0 Å². The van der Waals surface area contributed by atoms with Gasteiger partial charge in [-0.1, -0.05) is 6.07 Å². The van der Waals surface area contributed by atoms with E-state index < -0.39 is 5.97 Å². The summed E-state index contributed by atoms with van der Waals surface area (Å²) in [6, 6.07) is 11.2. The summed E-state index contributed by atoms with van der Waals surface area (Å²) in [6.07, 6.45) is 1.48. The first-order valence-corrected chi connectivity index (χ1v) is 7.38. The Bertz CT molecular complexity index is 909. The molecule has 0 fully saturated rings. The molecule has 1 aromatic carbocycles. The minimum atomic E-state index is -0.463. The topological polar surface area (TPSA) is 73.3 Å². The van der Waals surface area contributed by atoms with Crippen LogP contribution in [0.15, 0.2) is 42.6 Å². The van der Waals surface area contributed by atoms with Gasteiger partial charge in [-0.2, -0.15) is 0 Å². The fraction of sp³-hybridized carbons (Fsp3) is 0.167. The summed E-state index contributed by atoms with van der Waals surface area (Å²) in [4.78, 5) is 20.8. The first kappa shape index (κ1) is 15.7. The van der Waals surface area contributed by atoms with Crippen molar-refractivity contribution in [3.63, 3.8) is 0 Å². The molecule has 0 amide bonds. The van der Waals surface area contributed by atoms with Crippen LogP contribution in [0.3, 0.4) is 0 Å². The minimum absolute atomic E-state index is 0.346. The number of aryl methyl sites for hydroxylation is 1. The second-order valence-electron chi connectivity index (χ2n) is 5.22. The van der Waals surface area contributed by atoms with Crippen molar-refractivity contribution in [2.75, 3.05) is 19.5 Å². The SMILES string of the molecule is COC(=O)c1cnc2nc(C)ccc2c1Nc1cccc(OC)c1. The molecule has 2 aromatic heterocycles. The van der Waals surface area contributed by atoms with Crippen molar-refractivity contribution in [3.05, 3.63) is 53.9 Å². The number of carbonyl (C=O) groups is 1.